The molecule has 1 atom stereocenters. The van der Waals surface area contributed by atoms with Crippen LogP contribution >= 0.6 is 0 Å². The number of hydrogen-bond acceptors (Lipinski definition) is 6. The third kappa shape index (κ3) is 4.52. The summed E-state index contributed by atoms with van der Waals surface area (Å²) in [4.78, 5) is 35.0. The summed E-state index contributed by atoms with van der Waals surface area (Å²) in [5, 5.41) is 25.9. The molecule has 0 aliphatic carbocycles. The Bertz CT molecular complexity index is 987. The number of phenolic OH excluding ortho intramolecular Hbond substituents is 1. The van der Waals surface area contributed by atoms with Crippen LogP contribution in [0.3, 0.4) is 0 Å². The SMILES string of the molecule is CC1=C(C(=O)OCCc2ccccc2)[C@H](c2ccc(O)c([N+](=O)[O-])c2)NC(=O)N1. The molecule has 0 saturated heterocycles. The highest BCUT2D eigenvalue weighted by Crippen LogP contribution is 2.33. The molecule has 1 aliphatic rings. The number of ether oxygens (including phenoxy) is 1. The van der Waals surface area contributed by atoms with Gasteiger partial charge in [0.05, 0.1) is 23.1 Å². The van der Waals surface area contributed by atoms with Gasteiger partial charge in [0.15, 0.2) is 5.75 Å². The second-order valence-corrected chi connectivity index (χ2v) is 6.45. The molecule has 1 heterocycles. The first-order valence-corrected chi connectivity index (χ1v) is 8.83. The fraction of sp³-hybridized carbons (Fsp3) is 0.200. The predicted molar refractivity (Wildman–Crippen MR) is 103 cm³/mol. The number of nitro groups is 1. The van der Waals surface area contributed by atoms with Crippen LogP contribution in [0.4, 0.5) is 10.5 Å². The van der Waals surface area contributed by atoms with E-state index in [4.69, 9.17) is 4.74 Å². The standard InChI is InChI=1S/C20H19N3O6/c1-12-17(19(25)29-10-9-13-5-3-2-4-6-13)18(22-20(26)21-12)14-7-8-16(24)15(11-14)23(27)28/h2-8,11,18,24H,9-10H2,1H3,(H2,21,22,26)/t18-/m0/s1. The maximum Gasteiger partial charge on any atom is 0.338 e. The normalized spacial score (nSPS) is 16.0. The van der Waals surface area contributed by atoms with Gasteiger partial charge >= 0.3 is 17.7 Å². The molecule has 2 aromatic carbocycles. The number of carbonyl (C=O) groups excluding carboxylic acids is 2. The zero-order chi connectivity index (χ0) is 21.0. The van der Waals surface area contributed by atoms with E-state index in [1.165, 1.54) is 6.07 Å². The molecule has 3 rings (SSSR count). The number of carbonyl (C=O) groups is 2. The van der Waals surface area contributed by atoms with Crippen LogP contribution in [0.15, 0.2) is 59.8 Å². The molecule has 0 saturated carbocycles. The smallest absolute Gasteiger partial charge is 0.338 e. The summed E-state index contributed by atoms with van der Waals surface area (Å²) >= 11 is 0. The van der Waals surface area contributed by atoms with Crippen molar-refractivity contribution in [2.24, 2.45) is 0 Å². The lowest BCUT2D eigenvalue weighted by molar-refractivity contribution is -0.385. The average Bonchev–Trinajstić information content (AvgIpc) is 2.68. The molecule has 0 unspecified atom stereocenters. The molecule has 0 fully saturated rings. The van der Waals surface area contributed by atoms with Crippen molar-refractivity contribution in [2.45, 2.75) is 19.4 Å². The number of benzene rings is 2. The second-order valence-electron chi connectivity index (χ2n) is 6.45. The molecule has 1 aliphatic heterocycles. The molecule has 29 heavy (non-hydrogen) atoms. The number of esters is 1. The van der Waals surface area contributed by atoms with E-state index in [-0.39, 0.29) is 17.7 Å². The maximum atomic E-state index is 12.7. The topological polar surface area (TPSA) is 131 Å². The summed E-state index contributed by atoms with van der Waals surface area (Å²) in [6.45, 7) is 1.68. The monoisotopic (exact) mass is 397 g/mol. The highest BCUT2D eigenvalue weighted by molar-refractivity contribution is 5.95. The molecule has 0 bridgehead atoms. The Hall–Kier alpha value is -3.88. The zero-order valence-electron chi connectivity index (χ0n) is 15.5. The van der Waals surface area contributed by atoms with E-state index in [1.54, 1.807) is 6.92 Å². The van der Waals surface area contributed by atoms with Crippen molar-refractivity contribution in [3.05, 3.63) is 81.0 Å². The molecule has 0 aromatic heterocycles. The van der Waals surface area contributed by atoms with E-state index >= 15 is 0 Å². The summed E-state index contributed by atoms with van der Waals surface area (Å²) in [5.41, 5.74) is 1.19. The third-order valence-corrected chi connectivity index (χ3v) is 4.49. The van der Waals surface area contributed by atoms with Gasteiger partial charge in [-0.25, -0.2) is 9.59 Å². The van der Waals surface area contributed by atoms with Crippen LogP contribution in [-0.4, -0.2) is 28.6 Å². The highest BCUT2D eigenvalue weighted by Gasteiger charge is 2.33. The number of amides is 2. The lowest BCUT2D eigenvalue weighted by atomic mass is 9.95. The predicted octanol–water partition coefficient (Wildman–Crippen LogP) is 2.71. The van der Waals surface area contributed by atoms with Gasteiger partial charge in [-0.2, -0.15) is 0 Å². The number of aromatic hydroxyl groups is 1. The fourth-order valence-corrected chi connectivity index (χ4v) is 3.06. The number of allylic oxidation sites excluding steroid dienone is 1. The molecule has 150 valence electrons. The van der Waals surface area contributed by atoms with Crippen molar-refractivity contribution in [1.82, 2.24) is 10.6 Å². The van der Waals surface area contributed by atoms with Crippen LogP contribution < -0.4 is 10.6 Å². The van der Waals surface area contributed by atoms with Crippen molar-refractivity contribution in [3.63, 3.8) is 0 Å². The number of nitro benzene ring substituents is 1. The average molecular weight is 397 g/mol. The number of nitrogens with one attached hydrogen (secondary N) is 2. The molecule has 0 radical (unpaired) electrons. The lowest BCUT2D eigenvalue weighted by Gasteiger charge is -2.28. The molecule has 3 N–H and O–H groups in total. The van der Waals surface area contributed by atoms with E-state index < -0.39 is 34.4 Å². The van der Waals surface area contributed by atoms with E-state index in [9.17, 15) is 24.8 Å². The number of urea groups is 1. The Morgan fingerprint density at radius 1 is 1.24 bits per heavy atom. The van der Waals surface area contributed by atoms with Gasteiger partial charge in [-0.15, -0.1) is 0 Å². The summed E-state index contributed by atoms with van der Waals surface area (Å²) in [5.74, 6) is -1.15. The van der Waals surface area contributed by atoms with Crippen molar-refractivity contribution in [1.29, 1.82) is 0 Å². The molecule has 9 nitrogen and oxygen atoms in total. The van der Waals surface area contributed by atoms with Crippen LogP contribution in [-0.2, 0) is 16.0 Å². The van der Waals surface area contributed by atoms with Crippen LogP contribution in [0.25, 0.3) is 0 Å². The largest absolute Gasteiger partial charge is 0.502 e. The van der Waals surface area contributed by atoms with Gasteiger partial charge in [-0.05, 0) is 24.1 Å². The van der Waals surface area contributed by atoms with Crippen molar-refractivity contribution in [3.8, 4) is 5.75 Å². The Labute approximate surface area is 166 Å². The second kappa shape index (κ2) is 8.42. The third-order valence-electron chi connectivity index (χ3n) is 4.49. The summed E-state index contributed by atoms with van der Waals surface area (Å²) in [7, 11) is 0. The number of hydrogen-bond donors (Lipinski definition) is 3. The molecule has 2 amide bonds. The molecule has 2 aromatic rings. The van der Waals surface area contributed by atoms with Crippen LogP contribution in [0.5, 0.6) is 5.75 Å². The van der Waals surface area contributed by atoms with E-state index in [1.807, 2.05) is 30.3 Å². The van der Waals surface area contributed by atoms with E-state index in [2.05, 4.69) is 10.6 Å². The van der Waals surface area contributed by atoms with Crippen LogP contribution in [0.1, 0.15) is 24.1 Å². The van der Waals surface area contributed by atoms with Gasteiger partial charge in [0.25, 0.3) is 0 Å². The van der Waals surface area contributed by atoms with Gasteiger partial charge in [0.1, 0.15) is 0 Å². The van der Waals surface area contributed by atoms with Gasteiger partial charge in [0, 0.05) is 18.2 Å². The Morgan fingerprint density at radius 3 is 2.66 bits per heavy atom. The summed E-state index contributed by atoms with van der Waals surface area (Å²) in [6, 6.07) is 11.7. The number of rotatable bonds is 6. The highest BCUT2D eigenvalue weighted by atomic mass is 16.6. The lowest BCUT2D eigenvalue weighted by Crippen LogP contribution is -2.45. The molecular formula is C20H19N3O6. The van der Waals surface area contributed by atoms with Crippen molar-refractivity contribution < 1.29 is 24.4 Å². The van der Waals surface area contributed by atoms with E-state index in [0.717, 1.165) is 17.7 Å². The Kier molecular flexibility index (Phi) is 5.77. The molecular weight excluding hydrogens is 378 g/mol. The van der Waals surface area contributed by atoms with E-state index in [0.29, 0.717) is 12.1 Å². The minimum absolute atomic E-state index is 0.135. The summed E-state index contributed by atoms with van der Waals surface area (Å²) in [6.07, 6.45) is 0.522. The van der Waals surface area contributed by atoms with Crippen molar-refractivity contribution >= 4 is 17.7 Å². The van der Waals surface area contributed by atoms with Gasteiger partial charge < -0.3 is 20.5 Å². The first-order chi connectivity index (χ1) is 13.9. The minimum atomic E-state index is -0.952. The maximum absolute atomic E-state index is 12.7. The number of phenols is 1. The minimum Gasteiger partial charge on any atom is -0.502 e. The van der Waals surface area contributed by atoms with Crippen LogP contribution in [0, 0.1) is 10.1 Å². The molecule has 0 spiro atoms. The fourth-order valence-electron chi connectivity index (χ4n) is 3.06. The summed E-state index contributed by atoms with van der Waals surface area (Å²) < 4.78 is 5.37. The Balaban J connectivity index is 1.83. The van der Waals surface area contributed by atoms with Gasteiger partial charge in [0.2, 0.25) is 0 Å². The number of nitrogens with zero attached hydrogens (tertiary/aromatic N) is 1. The van der Waals surface area contributed by atoms with Gasteiger partial charge in [-0.3, -0.25) is 10.1 Å². The first kappa shape index (κ1) is 19.9. The Morgan fingerprint density at radius 2 is 1.97 bits per heavy atom. The molecule has 9 heteroatoms. The van der Waals surface area contributed by atoms with Crippen molar-refractivity contribution in [2.75, 3.05) is 6.61 Å². The zero-order valence-corrected chi connectivity index (χ0v) is 15.5. The quantitative estimate of drug-likeness (QED) is 0.390. The van der Waals surface area contributed by atoms with Crippen LogP contribution in [0.2, 0.25) is 0 Å². The first-order valence-electron chi connectivity index (χ1n) is 8.83. The van der Waals surface area contributed by atoms with Gasteiger partial charge in [-0.1, -0.05) is 36.4 Å².